The van der Waals surface area contributed by atoms with Gasteiger partial charge in [0.2, 0.25) is 0 Å². The molecule has 0 spiro atoms. The Kier molecular flexibility index (Phi) is 3.96. The Morgan fingerprint density at radius 2 is 2.04 bits per heavy atom. The van der Waals surface area contributed by atoms with Crippen molar-refractivity contribution in [2.75, 3.05) is 12.4 Å². The Morgan fingerprint density at radius 1 is 1.26 bits per heavy atom. The molecule has 1 amide bonds. The van der Waals surface area contributed by atoms with Gasteiger partial charge >= 0.3 is 0 Å². The average Bonchev–Trinajstić information content (AvgIpc) is 2.99. The number of methoxy groups -OCH3 is 1. The van der Waals surface area contributed by atoms with E-state index in [0.29, 0.717) is 28.3 Å². The normalized spacial score (nSPS) is 10.5. The molecule has 0 fully saturated rings. The fourth-order valence-electron chi connectivity index (χ4n) is 2.11. The zero-order valence-electron chi connectivity index (χ0n) is 12.3. The summed E-state index contributed by atoms with van der Waals surface area (Å²) in [7, 11) is 1.56. The lowest BCUT2D eigenvalue weighted by Crippen LogP contribution is -2.13. The fraction of sp³-hybridized carbons (Fsp3) is 0.133. The molecule has 0 atom stereocenters. The maximum atomic E-state index is 12.3. The molecular formula is C15H13N5O3. The van der Waals surface area contributed by atoms with Gasteiger partial charge in [-0.15, -0.1) is 0 Å². The van der Waals surface area contributed by atoms with Gasteiger partial charge in [0.25, 0.3) is 5.91 Å². The molecule has 23 heavy (non-hydrogen) atoms. The third kappa shape index (κ3) is 2.86. The third-order valence-electron chi connectivity index (χ3n) is 3.26. The lowest BCUT2D eigenvalue weighted by atomic mass is 10.2. The van der Waals surface area contributed by atoms with Gasteiger partial charge < -0.3 is 19.4 Å². The molecule has 0 unspecified atom stereocenters. The molecule has 116 valence electrons. The Morgan fingerprint density at radius 3 is 2.74 bits per heavy atom. The van der Waals surface area contributed by atoms with E-state index in [2.05, 4.69) is 20.3 Å². The van der Waals surface area contributed by atoms with Gasteiger partial charge in [0, 0.05) is 5.56 Å². The molecule has 0 bridgehead atoms. The lowest BCUT2D eigenvalue weighted by molar-refractivity contribution is -0.108. The quantitative estimate of drug-likeness (QED) is 0.713. The largest absolute Gasteiger partial charge is 0.497 e. The maximum Gasteiger partial charge on any atom is 0.256 e. The number of hydrogen-bond donors (Lipinski definition) is 1. The van der Waals surface area contributed by atoms with Crippen molar-refractivity contribution in [2.24, 2.45) is 0 Å². The van der Waals surface area contributed by atoms with Crippen molar-refractivity contribution >= 4 is 29.2 Å². The van der Waals surface area contributed by atoms with Gasteiger partial charge in [-0.25, -0.2) is 15.0 Å². The number of nitrogens with one attached hydrogen (secondary N) is 1. The van der Waals surface area contributed by atoms with Crippen LogP contribution in [0.4, 0.5) is 5.82 Å². The minimum absolute atomic E-state index is 0.138. The number of ether oxygens (including phenoxy) is 1. The molecule has 8 heteroatoms. The number of aromatic nitrogens is 4. The molecule has 0 aliphatic carbocycles. The number of amides is 1. The van der Waals surface area contributed by atoms with Crippen LogP contribution in [-0.4, -0.2) is 38.8 Å². The Balaban J connectivity index is 1.88. The summed E-state index contributed by atoms with van der Waals surface area (Å²) in [6.45, 7) is 0.138. The van der Waals surface area contributed by atoms with E-state index < -0.39 is 0 Å². The van der Waals surface area contributed by atoms with Gasteiger partial charge in [-0.3, -0.25) is 4.79 Å². The van der Waals surface area contributed by atoms with E-state index in [9.17, 15) is 9.59 Å². The first kappa shape index (κ1) is 14.6. The Bertz CT molecular complexity index is 857. The molecule has 2 aromatic heterocycles. The van der Waals surface area contributed by atoms with Crippen molar-refractivity contribution in [2.45, 2.75) is 6.54 Å². The van der Waals surface area contributed by atoms with E-state index in [1.165, 1.54) is 12.7 Å². The van der Waals surface area contributed by atoms with Gasteiger partial charge in [-0.1, -0.05) is 0 Å². The van der Waals surface area contributed by atoms with Crippen LogP contribution < -0.4 is 10.1 Å². The predicted molar refractivity (Wildman–Crippen MR) is 82.3 cm³/mol. The number of imidazole rings is 1. The zero-order valence-corrected chi connectivity index (χ0v) is 12.3. The molecule has 0 saturated heterocycles. The molecule has 2 heterocycles. The van der Waals surface area contributed by atoms with E-state index >= 15 is 0 Å². The van der Waals surface area contributed by atoms with Gasteiger partial charge in [0.05, 0.1) is 20.0 Å². The van der Waals surface area contributed by atoms with Crippen LogP contribution in [0.1, 0.15) is 10.4 Å². The van der Waals surface area contributed by atoms with Crippen molar-refractivity contribution < 1.29 is 14.3 Å². The standard InChI is InChI=1S/C15H13N5O3/c1-23-11-4-2-10(3-5-11)15(22)19-13-12-14(17-8-16-13)20(6-7-21)9-18-12/h2-5,7-9H,6H2,1H3,(H,16,17,19,22). The second-order valence-electron chi connectivity index (χ2n) is 4.64. The van der Waals surface area contributed by atoms with Crippen LogP contribution >= 0.6 is 0 Å². The maximum absolute atomic E-state index is 12.3. The summed E-state index contributed by atoms with van der Waals surface area (Å²) in [5.74, 6) is 0.636. The number of aldehydes is 1. The van der Waals surface area contributed by atoms with Gasteiger partial charge in [-0.05, 0) is 24.3 Å². The molecule has 3 rings (SSSR count). The summed E-state index contributed by atoms with van der Waals surface area (Å²) < 4.78 is 6.63. The smallest absolute Gasteiger partial charge is 0.256 e. The number of anilines is 1. The molecule has 1 aromatic carbocycles. The molecular weight excluding hydrogens is 298 g/mol. The predicted octanol–water partition coefficient (Wildman–Crippen LogP) is 1.29. The molecule has 0 aliphatic heterocycles. The minimum Gasteiger partial charge on any atom is -0.497 e. The highest BCUT2D eigenvalue weighted by atomic mass is 16.5. The number of fused-ring (bicyclic) bond motifs is 1. The Hall–Kier alpha value is -3.29. The molecule has 0 radical (unpaired) electrons. The molecule has 3 aromatic rings. The van der Waals surface area contributed by atoms with Crippen molar-refractivity contribution in [3.05, 3.63) is 42.5 Å². The highest BCUT2D eigenvalue weighted by molar-refractivity contribution is 6.06. The topological polar surface area (TPSA) is 99.0 Å². The average molecular weight is 311 g/mol. The summed E-state index contributed by atoms with van der Waals surface area (Å²) >= 11 is 0. The van der Waals surface area contributed by atoms with Crippen LogP contribution in [0, 0.1) is 0 Å². The summed E-state index contributed by atoms with van der Waals surface area (Å²) in [5.41, 5.74) is 1.37. The number of carbonyl (C=O) groups is 2. The highest BCUT2D eigenvalue weighted by Gasteiger charge is 2.13. The van der Waals surface area contributed by atoms with E-state index in [-0.39, 0.29) is 12.5 Å². The first-order valence-electron chi connectivity index (χ1n) is 6.78. The van der Waals surface area contributed by atoms with E-state index in [1.54, 1.807) is 35.9 Å². The highest BCUT2D eigenvalue weighted by Crippen LogP contribution is 2.18. The zero-order chi connectivity index (χ0) is 16.2. The van der Waals surface area contributed by atoms with Crippen LogP contribution in [0.15, 0.2) is 36.9 Å². The lowest BCUT2D eigenvalue weighted by Gasteiger charge is -2.06. The number of rotatable bonds is 5. The fourth-order valence-corrected chi connectivity index (χ4v) is 2.11. The van der Waals surface area contributed by atoms with Crippen molar-refractivity contribution in [3.8, 4) is 5.75 Å². The first-order valence-corrected chi connectivity index (χ1v) is 6.78. The van der Waals surface area contributed by atoms with Gasteiger partial charge in [0.15, 0.2) is 17.0 Å². The van der Waals surface area contributed by atoms with Gasteiger partial charge in [-0.2, -0.15) is 0 Å². The third-order valence-corrected chi connectivity index (χ3v) is 3.26. The second kappa shape index (κ2) is 6.22. The molecule has 0 saturated carbocycles. The van der Waals surface area contributed by atoms with Crippen molar-refractivity contribution in [1.82, 2.24) is 19.5 Å². The summed E-state index contributed by atoms with van der Waals surface area (Å²) in [5, 5.41) is 2.70. The van der Waals surface area contributed by atoms with Gasteiger partial charge in [0.1, 0.15) is 18.4 Å². The minimum atomic E-state index is -0.322. The van der Waals surface area contributed by atoms with E-state index in [0.717, 1.165) is 6.29 Å². The van der Waals surface area contributed by atoms with Crippen molar-refractivity contribution in [3.63, 3.8) is 0 Å². The summed E-state index contributed by atoms with van der Waals surface area (Å²) in [6, 6.07) is 6.70. The Labute approximate surface area is 131 Å². The monoisotopic (exact) mass is 311 g/mol. The van der Waals surface area contributed by atoms with Crippen LogP contribution in [0.3, 0.4) is 0 Å². The summed E-state index contributed by atoms with van der Waals surface area (Å²) in [6.07, 6.45) is 3.55. The number of carbonyl (C=O) groups excluding carboxylic acids is 2. The molecule has 1 N–H and O–H groups in total. The first-order chi connectivity index (χ1) is 11.2. The van der Waals surface area contributed by atoms with Crippen LogP contribution in [0.25, 0.3) is 11.2 Å². The molecule has 8 nitrogen and oxygen atoms in total. The van der Waals surface area contributed by atoms with Crippen LogP contribution in [0.2, 0.25) is 0 Å². The summed E-state index contributed by atoms with van der Waals surface area (Å²) in [4.78, 5) is 35.2. The second-order valence-corrected chi connectivity index (χ2v) is 4.64. The van der Waals surface area contributed by atoms with Crippen LogP contribution in [-0.2, 0) is 11.3 Å². The SMILES string of the molecule is COc1ccc(C(=O)Nc2ncnc3c2ncn3CC=O)cc1. The molecule has 0 aliphatic rings. The number of nitrogens with zero attached hydrogens (tertiary/aromatic N) is 4. The number of hydrogen-bond acceptors (Lipinski definition) is 6. The van der Waals surface area contributed by atoms with E-state index in [4.69, 9.17) is 4.74 Å². The van der Waals surface area contributed by atoms with Crippen molar-refractivity contribution in [1.29, 1.82) is 0 Å². The van der Waals surface area contributed by atoms with E-state index in [1.807, 2.05) is 0 Å². The number of benzene rings is 1. The van der Waals surface area contributed by atoms with Crippen LogP contribution in [0.5, 0.6) is 5.75 Å².